The number of hydrogen-bond donors (Lipinski definition) is 1. The van der Waals surface area contributed by atoms with Crippen LogP contribution in [0.2, 0.25) is 5.02 Å². The van der Waals surface area contributed by atoms with Crippen molar-refractivity contribution in [2.24, 2.45) is 46.7 Å². The molecule has 166 valence electrons. The number of nitrogens with two attached hydrogens (primary N) is 1. The van der Waals surface area contributed by atoms with E-state index < -0.39 is 11.7 Å². The highest BCUT2D eigenvalue weighted by Crippen LogP contribution is 3.08. The van der Waals surface area contributed by atoms with Crippen LogP contribution >= 0.6 is 11.6 Å². The Bertz CT molecular complexity index is 1340. The van der Waals surface area contributed by atoms with E-state index in [4.69, 9.17) is 23.9 Å². The molecular weight excluding hydrogens is 445 g/mol. The molecule has 7 nitrogen and oxygen atoms in total. The summed E-state index contributed by atoms with van der Waals surface area (Å²) in [7, 11) is 0. The molecule has 1 aliphatic heterocycles. The summed E-state index contributed by atoms with van der Waals surface area (Å²) in [5.74, 6) is 2.44. The number of aromatic nitrogens is 2. The van der Waals surface area contributed by atoms with Crippen molar-refractivity contribution in [2.45, 2.75) is 25.0 Å². The molecule has 0 atom stereocenters. The molecule has 1 aromatic heterocycles. The molecule has 6 fully saturated rings. The van der Waals surface area contributed by atoms with Crippen LogP contribution in [-0.4, -0.2) is 38.6 Å². The lowest BCUT2D eigenvalue weighted by Gasteiger charge is -3.06. The number of carbonyl (C=O) groups excluding carboxylic acids is 2. The zero-order valence-corrected chi connectivity index (χ0v) is 18.2. The van der Waals surface area contributed by atoms with Gasteiger partial charge in [0.2, 0.25) is 11.4 Å². The van der Waals surface area contributed by atoms with E-state index in [-0.39, 0.29) is 34.0 Å². The lowest BCUT2D eigenvalue weighted by Crippen LogP contribution is -3.12. The van der Waals surface area contributed by atoms with Gasteiger partial charge < -0.3 is 15.5 Å². The van der Waals surface area contributed by atoms with Gasteiger partial charge in [0, 0.05) is 36.3 Å². The van der Waals surface area contributed by atoms with Gasteiger partial charge in [0.1, 0.15) is 11.5 Å². The molecule has 6 aliphatic carbocycles. The van der Waals surface area contributed by atoms with E-state index in [0.717, 1.165) is 0 Å². The molecule has 7 aliphatic rings. The van der Waals surface area contributed by atoms with Gasteiger partial charge in [-0.15, -0.1) is 0 Å². The van der Waals surface area contributed by atoms with Crippen molar-refractivity contribution in [3.8, 4) is 11.3 Å². The van der Waals surface area contributed by atoms with Crippen LogP contribution in [0.25, 0.3) is 16.1 Å². The second-order valence-electron chi connectivity index (χ2n) is 10.6. The lowest BCUT2D eigenvalue weighted by molar-refractivity contribution is -0.609. The van der Waals surface area contributed by atoms with Crippen molar-refractivity contribution in [3.05, 3.63) is 51.7 Å². The SMILES string of the molecule is [C-]#[N+]C12C3C4C1C1C2C3C41CC(=O)N1CCn2nc(-c3ccc(F)c(Cl)c3)c(C(N)=O)c2C1. The summed E-state index contributed by atoms with van der Waals surface area (Å²) >= 11 is 5.94. The van der Waals surface area contributed by atoms with Crippen LogP contribution in [0.4, 0.5) is 4.39 Å². The average Bonchev–Trinajstić information content (AvgIpc) is 3.20. The molecule has 2 aromatic rings. The normalized spacial score (nSPS) is 41.3. The van der Waals surface area contributed by atoms with Crippen molar-refractivity contribution in [1.29, 1.82) is 0 Å². The summed E-state index contributed by atoms with van der Waals surface area (Å²) in [6.07, 6.45) is 0.561. The number of nitrogens with zero attached hydrogens (tertiary/aromatic N) is 4. The van der Waals surface area contributed by atoms with Gasteiger partial charge in [-0.25, -0.2) is 11.0 Å². The zero-order chi connectivity index (χ0) is 22.6. The average molecular weight is 464 g/mol. The highest BCUT2D eigenvalue weighted by molar-refractivity contribution is 6.31. The molecule has 0 radical (unpaired) electrons. The largest absolute Gasteiger partial charge is 0.365 e. The molecule has 1 aromatic carbocycles. The molecule has 2 N–H and O–H groups in total. The summed E-state index contributed by atoms with van der Waals surface area (Å²) in [6, 6.07) is 4.19. The molecule has 0 unspecified atom stereocenters. The van der Waals surface area contributed by atoms with Crippen molar-refractivity contribution >= 4 is 23.4 Å². The summed E-state index contributed by atoms with van der Waals surface area (Å²) in [4.78, 5) is 31.5. The summed E-state index contributed by atoms with van der Waals surface area (Å²) < 4.78 is 15.4. The monoisotopic (exact) mass is 463 g/mol. The van der Waals surface area contributed by atoms with Crippen molar-refractivity contribution in [2.75, 3.05) is 6.54 Å². The fraction of sp³-hybridized carbons (Fsp3) is 0.500. The fourth-order valence-electron chi connectivity index (χ4n) is 9.28. The minimum absolute atomic E-state index is 0.0154. The van der Waals surface area contributed by atoms with Gasteiger partial charge in [0.05, 0.1) is 29.4 Å². The predicted octanol–water partition coefficient (Wildman–Crippen LogP) is 2.58. The maximum Gasteiger partial charge on any atom is 0.252 e. The summed E-state index contributed by atoms with van der Waals surface area (Å²) in [6.45, 7) is 8.84. The van der Waals surface area contributed by atoms with Gasteiger partial charge in [-0.1, -0.05) is 11.6 Å². The van der Waals surface area contributed by atoms with Crippen molar-refractivity contribution < 1.29 is 14.0 Å². The van der Waals surface area contributed by atoms with Crippen LogP contribution in [-0.2, 0) is 17.9 Å². The van der Waals surface area contributed by atoms with Gasteiger partial charge in [0.25, 0.3) is 5.91 Å². The minimum atomic E-state index is -0.633. The Hall–Kier alpha value is -2.92. The molecule has 9 rings (SSSR count). The second kappa shape index (κ2) is 5.25. The van der Waals surface area contributed by atoms with E-state index >= 15 is 0 Å². The number of rotatable bonds is 4. The Morgan fingerprint density at radius 1 is 1.21 bits per heavy atom. The van der Waals surface area contributed by atoms with E-state index in [0.29, 0.717) is 72.0 Å². The Kier molecular flexibility index (Phi) is 2.94. The first-order valence-corrected chi connectivity index (χ1v) is 11.8. The maximum absolute atomic E-state index is 13.6. The van der Waals surface area contributed by atoms with Crippen molar-refractivity contribution in [3.63, 3.8) is 0 Å². The van der Waals surface area contributed by atoms with Crippen LogP contribution in [0.5, 0.6) is 0 Å². The number of amides is 2. The Labute approximate surface area is 193 Å². The summed E-state index contributed by atoms with van der Waals surface area (Å²) in [5, 5.41) is 4.50. The first kappa shape index (κ1) is 18.5. The minimum Gasteiger partial charge on any atom is -0.365 e. The van der Waals surface area contributed by atoms with Gasteiger partial charge >= 0.3 is 0 Å². The van der Waals surface area contributed by atoms with Crippen LogP contribution in [0.1, 0.15) is 22.5 Å². The summed E-state index contributed by atoms with van der Waals surface area (Å²) in [5.41, 5.74) is 7.61. The number of primary amides is 1. The number of fused-ring (bicyclic) bond motifs is 1. The smallest absolute Gasteiger partial charge is 0.252 e. The highest BCUT2D eigenvalue weighted by Gasteiger charge is 3.14. The first-order chi connectivity index (χ1) is 15.9. The Morgan fingerprint density at radius 2 is 1.91 bits per heavy atom. The zero-order valence-electron chi connectivity index (χ0n) is 17.5. The fourth-order valence-corrected chi connectivity index (χ4v) is 9.46. The number of benzene rings is 1. The van der Waals surface area contributed by atoms with Crippen LogP contribution in [0.3, 0.4) is 0 Å². The number of hydrogen-bond acceptors (Lipinski definition) is 3. The standard InChI is InChI=1S/C24H19ClFN5O2/c1-28-24-18-15-19(24)17-20(24)16(18)23(15,17)7-13(32)30-4-5-31-12(8-30)14(22(27)33)21(29-31)9-2-3-11(26)10(25)6-9/h2-3,6,15-20H,4-5,7-8H2,(H2,27,33). The third-order valence-corrected chi connectivity index (χ3v) is 10.5. The van der Waals surface area contributed by atoms with E-state index in [1.807, 2.05) is 4.90 Å². The van der Waals surface area contributed by atoms with Crippen molar-refractivity contribution in [1.82, 2.24) is 14.7 Å². The van der Waals surface area contributed by atoms with E-state index in [1.165, 1.54) is 18.2 Å². The Balaban J connectivity index is 1.06. The van der Waals surface area contributed by atoms with Crippen LogP contribution in [0, 0.1) is 53.3 Å². The van der Waals surface area contributed by atoms with Crippen LogP contribution < -0.4 is 5.73 Å². The van der Waals surface area contributed by atoms with Gasteiger partial charge in [-0.05, 0) is 41.4 Å². The second-order valence-corrected chi connectivity index (χ2v) is 11.1. The van der Waals surface area contributed by atoms with Gasteiger partial charge in [0.15, 0.2) is 0 Å². The third kappa shape index (κ3) is 1.61. The molecule has 2 heterocycles. The first-order valence-electron chi connectivity index (χ1n) is 11.4. The molecule has 2 amide bonds. The molecule has 33 heavy (non-hydrogen) atoms. The third-order valence-electron chi connectivity index (χ3n) is 10.2. The molecule has 0 saturated heterocycles. The van der Waals surface area contributed by atoms with E-state index in [2.05, 4.69) is 9.94 Å². The lowest BCUT2D eigenvalue weighted by atomic mass is 8.94. The highest BCUT2D eigenvalue weighted by atomic mass is 35.5. The molecule has 9 heteroatoms. The molecule has 0 spiro atoms. The predicted molar refractivity (Wildman–Crippen MR) is 114 cm³/mol. The maximum atomic E-state index is 13.6. The number of halogens is 2. The molecule has 6 saturated carbocycles. The number of carbonyl (C=O) groups is 2. The van der Waals surface area contributed by atoms with E-state index in [9.17, 15) is 14.0 Å². The van der Waals surface area contributed by atoms with Gasteiger partial charge in [-0.3, -0.25) is 14.3 Å². The molecular formula is C24H19ClFN5O2. The Morgan fingerprint density at radius 3 is 2.52 bits per heavy atom. The quantitative estimate of drug-likeness (QED) is 0.707. The topological polar surface area (TPSA) is 85.6 Å². The molecule has 0 bridgehead atoms. The van der Waals surface area contributed by atoms with Crippen LogP contribution in [0.15, 0.2) is 18.2 Å². The van der Waals surface area contributed by atoms with Gasteiger partial charge in [-0.2, -0.15) is 5.10 Å². The van der Waals surface area contributed by atoms with E-state index in [1.54, 1.807) is 4.68 Å².